The summed E-state index contributed by atoms with van der Waals surface area (Å²) in [6, 6.07) is 14.2. The maximum absolute atomic E-state index is 12.9. The zero-order valence-electron chi connectivity index (χ0n) is 18.8. The zero-order valence-corrected chi connectivity index (χ0v) is 21.9. The van der Waals surface area contributed by atoms with Crippen LogP contribution in [0.15, 0.2) is 58.4 Å². The molecule has 32 heavy (non-hydrogen) atoms. The Bertz CT molecular complexity index is 850. The molecular formula is C23H32FIN4O2S. The summed E-state index contributed by atoms with van der Waals surface area (Å²) in [4.78, 5) is 18.9. The molecule has 0 aliphatic carbocycles. The number of amides is 1. The summed E-state index contributed by atoms with van der Waals surface area (Å²) in [5.74, 6) is 2.04. The lowest BCUT2D eigenvalue weighted by Gasteiger charge is -2.12. The Morgan fingerprint density at radius 3 is 2.59 bits per heavy atom. The van der Waals surface area contributed by atoms with E-state index in [1.54, 1.807) is 38.0 Å². The number of ether oxygens (including phenoxy) is 1. The standard InChI is InChI=1S/C23H31FN4O2S.HI/c1-4-25-23(26-13-6-14-31-21-11-9-19(24)10-12-21)27-16-18-7-5-8-20(15-18)30-17-22(29)28(2)3;/h5,7-12,15H,4,6,13-14,16-17H2,1-3H3,(H2,25,26,27);1H. The molecule has 2 aromatic rings. The topological polar surface area (TPSA) is 66.0 Å². The van der Waals surface area contributed by atoms with Gasteiger partial charge in [0.2, 0.25) is 0 Å². The molecule has 0 fully saturated rings. The molecule has 0 unspecified atom stereocenters. The number of halogens is 2. The Morgan fingerprint density at radius 2 is 1.91 bits per heavy atom. The van der Waals surface area contributed by atoms with E-state index in [2.05, 4.69) is 15.6 Å². The van der Waals surface area contributed by atoms with Crippen molar-refractivity contribution in [1.82, 2.24) is 15.5 Å². The maximum atomic E-state index is 12.9. The molecule has 0 spiro atoms. The van der Waals surface area contributed by atoms with Crippen molar-refractivity contribution in [2.24, 2.45) is 4.99 Å². The molecule has 9 heteroatoms. The third kappa shape index (κ3) is 11.0. The summed E-state index contributed by atoms with van der Waals surface area (Å²) >= 11 is 1.71. The van der Waals surface area contributed by atoms with Gasteiger partial charge < -0.3 is 20.3 Å². The van der Waals surface area contributed by atoms with E-state index in [1.807, 2.05) is 31.2 Å². The molecule has 0 aliphatic heterocycles. The van der Waals surface area contributed by atoms with Gasteiger partial charge in [0.1, 0.15) is 11.6 Å². The first-order chi connectivity index (χ1) is 15.0. The second kappa shape index (κ2) is 15.7. The van der Waals surface area contributed by atoms with E-state index in [1.165, 1.54) is 17.0 Å². The Hall–Kier alpha value is -2.01. The molecule has 176 valence electrons. The van der Waals surface area contributed by atoms with Crippen molar-refractivity contribution < 1.29 is 13.9 Å². The van der Waals surface area contributed by atoms with Crippen LogP contribution < -0.4 is 15.4 Å². The van der Waals surface area contributed by atoms with Crippen molar-refractivity contribution in [2.45, 2.75) is 24.8 Å². The Morgan fingerprint density at radius 1 is 1.16 bits per heavy atom. The summed E-state index contributed by atoms with van der Waals surface area (Å²) in [5, 5.41) is 6.58. The lowest BCUT2D eigenvalue weighted by atomic mass is 10.2. The molecule has 0 radical (unpaired) electrons. The van der Waals surface area contributed by atoms with E-state index in [-0.39, 0.29) is 42.3 Å². The first-order valence-corrected chi connectivity index (χ1v) is 11.3. The molecule has 0 atom stereocenters. The number of likely N-dealkylation sites (N-methyl/N-ethyl adjacent to an activating group) is 1. The van der Waals surface area contributed by atoms with E-state index in [0.717, 1.165) is 41.7 Å². The Balaban J connectivity index is 0.00000512. The summed E-state index contributed by atoms with van der Waals surface area (Å²) in [7, 11) is 3.40. The van der Waals surface area contributed by atoms with Crippen LogP contribution in [0.1, 0.15) is 18.9 Å². The van der Waals surface area contributed by atoms with Gasteiger partial charge in [-0.15, -0.1) is 35.7 Å². The second-order valence-corrected chi connectivity index (χ2v) is 8.17. The van der Waals surface area contributed by atoms with Crippen molar-refractivity contribution in [1.29, 1.82) is 0 Å². The van der Waals surface area contributed by atoms with Crippen LogP contribution in [0.5, 0.6) is 5.75 Å². The number of benzene rings is 2. The minimum Gasteiger partial charge on any atom is -0.484 e. The predicted molar refractivity (Wildman–Crippen MR) is 141 cm³/mol. The lowest BCUT2D eigenvalue weighted by Crippen LogP contribution is -2.37. The molecule has 1 amide bonds. The van der Waals surface area contributed by atoms with Gasteiger partial charge in [-0.2, -0.15) is 0 Å². The lowest BCUT2D eigenvalue weighted by molar-refractivity contribution is -0.130. The predicted octanol–water partition coefficient (Wildman–Crippen LogP) is 4.15. The van der Waals surface area contributed by atoms with Crippen molar-refractivity contribution in [3.05, 3.63) is 59.9 Å². The first kappa shape index (κ1) is 28.0. The van der Waals surface area contributed by atoms with Crippen molar-refractivity contribution in [2.75, 3.05) is 39.5 Å². The van der Waals surface area contributed by atoms with E-state index in [9.17, 15) is 9.18 Å². The van der Waals surface area contributed by atoms with Gasteiger partial charge in [-0.3, -0.25) is 4.79 Å². The van der Waals surface area contributed by atoms with Gasteiger partial charge in [0.25, 0.3) is 5.91 Å². The Labute approximate surface area is 211 Å². The number of aliphatic imine (C=N–C) groups is 1. The number of hydrogen-bond acceptors (Lipinski definition) is 4. The van der Waals surface area contributed by atoms with Crippen LogP contribution in [0.4, 0.5) is 4.39 Å². The molecule has 0 saturated heterocycles. The van der Waals surface area contributed by atoms with Crippen LogP contribution in [0, 0.1) is 5.82 Å². The smallest absolute Gasteiger partial charge is 0.259 e. The fraction of sp³-hybridized carbons (Fsp3) is 0.391. The highest BCUT2D eigenvalue weighted by Crippen LogP contribution is 2.18. The maximum Gasteiger partial charge on any atom is 0.259 e. The van der Waals surface area contributed by atoms with E-state index in [0.29, 0.717) is 12.3 Å². The molecular weight excluding hydrogens is 542 g/mol. The number of hydrogen-bond donors (Lipinski definition) is 2. The molecule has 0 bridgehead atoms. The van der Waals surface area contributed by atoms with Crippen molar-refractivity contribution in [3.8, 4) is 5.75 Å². The number of guanidine groups is 1. The second-order valence-electron chi connectivity index (χ2n) is 7.00. The van der Waals surface area contributed by atoms with Crippen LogP contribution in [0.25, 0.3) is 0 Å². The third-order valence-corrected chi connectivity index (χ3v) is 5.32. The molecule has 0 aliphatic rings. The van der Waals surface area contributed by atoms with Crippen LogP contribution >= 0.6 is 35.7 Å². The SMILES string of the molecule is CCNC(=NCc1cccc(OCC(=O)N(C)C)c1)NCCCSc1ccc(F)cc1.I. The molecule has 2 rings (SSSR count). The molecule has 6 nitrogen and oxygen atoms in total. The average Bonchev–Trinajstić information content (AvgIpc) is 2.77. The van der Waals surface area contributed by atoms with Gasteiger partial charge in [-0.1, -0.05) is 12.1 Å². The van der Waals surface area contributed by atoms with Gasteiger partial charge in [0, 0.05) is 32.1 Å². The normalized spacial score (nSPS) is 10.8. The van der Waals surface area contributed by atoms with E-state index < -0.39 is 0 Å². The molecule has 0 aromatic heterocycles. The minimum absolute atomic E-state index is 0. The Kier molecular flexibility index (Phi) is 13.8. The van der Waals surface area contributed by atoms with Gasteiger partial charge in [0.15, 0.2) is 12.6 Å². The molecule has 2 N–H and O–H groups in total. The number of carbonyl (C=O) groups excluding carboxylic acids is 1. The largest absolute Gasteiger partial charge is 0.484 e. The quantitative estimate of drug-likeness (QED) is 0.139. The van der Waals surface area contributed by atoms with Gasteiger partial charge in [0.05, 0.1) is 6.54 Å². The van der Waals surface area contributed by atoms with Crippen LogP contribution in [-0.2, 0) is 11.3 Å². The fourth-order valence-corrected chi connectivity index (χ4v) is 3.37. The highest BCUT2D eigenvalue weighted by Gasteiger charge is 2.05. The van der Waals surface area contributed by atoms with Crippen LogP contribution in [0.3, 0.4) is 0 Å². The van der Waals surface area contributed by atoms with E-state index >= 15 is 0 Å². The molecule has 2 aromatic carbocycles. The van der Waals surface area contributed by atoms with Crippen LogP contribution in [-0.4, -0.2) is 56.3 Å². The average molecular weight is 575 g/mol. The highest BCUT2D eigenvalue weighted by molar-refractivity contribution is 14.0. The van der Waals surface area contributed by atoms with Crippen LogP contribution in [0.2, 0.25) is 0 Å². The zero-order chi connectivity index (χ0) is 22.5. The number of nitrogens with zero attached hydrogens (tertiary/aromatic N) is 2. The van der Waals surface area contributed by atoms with Gasteiger partial charge >= 0.3 is 0 Å². The highest BCUT2D eigenvalue weighted by atomic mass is 127. The third-order valence-electron chi connectivity index (χ3n) is 4.22. The summed E-state index contributed by atoms with van der Waals surface area (Å²) in [6.07, 6.45) is 0.954. The number of thioether (sulfide) groups is 1. The summed E-state index contributed by atoms with van der Waals surface area (Å²) in [5.41, 5.74) is 0.999. The first-order valence-electron chi connectivity index (χ1n) is 10.3. The number of carbonyl (C=O) groups is 1. The van der Waals surface area contributed by atoms with Gasteiger partial charge in [-0.05, 0) is 61.1 Å². The summed E-state index contributed by atoms with van der Waals surface area (Å²) < 4.78 is 18.5. The van der Waals surface area contributed by atoms with E-state index in [4.69, 9.17) is 4.74 Å². The van der Waals surface area contributed by atoms with Crippen molar-refractivity contribution >= 4 is 47.6 Å². The summed E-state index contributed by atoms with van der Waals surface area (Å²) in [6.45, 7) is 4.10. The fourth-order valence-electron chi connectivity index (χ4n) is 2.52. The molecule has 0 heterocycles. The number of rotatable bonds is 11. The minimum atomic E-state index is -0.211. The van der Waals surface area contributed by atoms with Gasteiger partial charge in [-0.25, -0.2) is 9.38 Å². The molecule has 0 saturated carbocycles. The monoisotopic (exact) mass is 574 g/mol. The number of nitrogens with one attached hydrogen (secondary N) is 2. The van der Waals surface area contributed by atoms with Crippen molar-refractivity contribution in [3.63, 3.8) is 0 Å².